The maximum absolute atomic E-state index is 13.0. The number of hydrogen-bond acceptors (Lipinski definition) is 6. The van der Waals surface area contributed by atoms with Crippen LogP contribution in [0, 0.1) is 0 Å². The fourth-order valence-electron chi connectivity index (χ4n) is 3.16. The molecule has 1 saturated carbocycles. The molecule has 0 radical (unpaired) electrons. The molecule has 2 fully saturated rings. The molecule has 9 nitrogen and oxygen atoms in total. The zero-order valence-corrected chi connectivity index (χ0v) is 15.8. The number of carboxylic acid groups (broad SMARTS) is 1. The monoisotopic (exact) mass is 398 g/mol. The second-order valence-corrected chi connectivity index (χ2v) is 8.48. The van der Waals surface area contributed by atoms with E-state index in [1.165, 1.54) is 29.6 Å². The number of methoxy groups -OCH3 is 1. The molecule has 2 aliphatic rings. The number of ether oxygens (including phenoxy) is 2. The van der Waals surface area contributed by atoms with Gasteiger partial charge in [-0.3, -0.25) is 4.79 Å². The molecule has 0 spiro atoms. The fourth-order valence-corrected chi connectivity index (χ4v) is 4.75. The van der Waals surface area contributed by atoms with E-state index in [2.05, 4.69) is 5.32 Å². The van der Waals surface area contributed by atoms with Crippen LogP contribution in [-0.4, -0.2) is 68.7 Å². The average molecular weight is 398 g/mol. The molecule has 1 aliphatic carbocycles. The second kappa shape index (κ2) is 7.45. The van der Waals surface area contributed by atoms with Gasteiger partial charge in [-0.15, -0.1) is 0 Å². The van der Waals surface area contributed by atoms with Gasteiger partial charge in [-0.25, -0.2) is 13.2 Å². The zero-order chi connectivity index (χ0) is 19.7. The number of sulfonamides is 1. The van der Waals surface area contributed by atoms with Crippen LogP contribution in [-0.2, 0) is 19.6 Å². The van der Waals surface area contributed by atoms with Crippen molar-refractivity contribution in [3.05, 3.63) is 23.8 Å². The minimum atomic E-state index is -3.88. The van der Waals surface area contributed by atoms with Gasteiger partial charge >= 0.3 is 5.97 Å². The number of carbonyl (C=O) groups excluding carboxylic acids is 1. The summed E-state index contributed by atoms with van der Waals surface area (Å²) in [5.74, 6) is -1.59. The number of morpholine rings is 1. The fraction of sp³-hybridized carbons (Fsp3) is 0.529. The Kier molecular flexibility index (Phi) is 5.41. The first-order valence-corrected chi connectivity index (χ1v) is 10.1. The summed E-state index contributed by atoms with van der Waals surface area (Å²) in [6.07, 6.45) is 1.41. The normalized spacial score (nSPS) is 19.7. The van der Waals surface area contributed by atoms with E-state index in [4.69, 9.17) is 9.47 Å². The maximum Gasteiger partial charge on any atom is 0.329 e. The van der Waals surface area contributed by atoms with Gasteiger partial charge in [0, 0.05) is 18.7 Å². The van der Waals surface area contributed by atoms with Gasteiger partial charge in [-0.1, -0.05) is 0 Å². The molecule has 1 aromatic rings. The molecule has 1 aliphatic heterocycles. The van der Waals surface area contributed by atoms with Crippen molar-refractivity contribution < 1.29 is 32.6 Å². The standard InChI is InChI=1S/C17H22N2O7S/c1-25-13-4-3-12(15(20)18-17(16(21)22)5-2-6-17)11-14(13)27(23,24)19-7-9-26-10-8-19/h3-4,11H,2,5-10H2,1H3,(H,18,20)(H,21,22). The van der Waals surface area contributed by atoms with E-state index in [0.717, 1.165) is 0 Å². The van der Waals surface area contributed by atoms with Crippen LogP contribution in [0.25, 0.3) is 0 Å². The van der Waals surface area contributed by atoms with E-state index < -0.39 is 27.4 Å². The Morgan fingerprint density at radius 3 is 2.44 bits per heavy atom. The number of benzene rings is 1. The van der Waals surface area contributed by atoms with Crippen molar-refractivity contribution in [3.8, 4) is 5.75 Å². The van der Waals surface area contributed by atoms with E-state index in [9.17, 15) is 23.1 Å². The third-order valence-electron chi connectivity index (χ3n) is 4.98. The lowest BCUT2D eigenvalue weighted by molar-refractivity contribution is -0.148. The van der Waals surface area contributed by atoms with Crippen LogP contribution < -0.4 is 10.1 Å². The molecule has 1 amide bonds. The Bertz CT molecular complexity index is 843. The summed E-state index contributed by atoms with van der Waals surface area (Å²) in [5.41, 5.74) is -1.21. The van der Waals surface area contributed by atoms with E-state index >= 15 is 0 Å². The molecule has 10 heteroatoms. The molecule has 27 heavy (non-hydrogen) atoms. The van der Waals surface area contributed by atoms with Gasteiger partial charge in [0.05, 0.1) is 20.3 Å². The van der Waals surface area contributed by atoms with Gasteiger partial charge in [-0.05, 0) is 37.5 Å². The number of hydrogen-bond donors (Lipinski definition) is 2. The Hall–Kier alpha value is -2.17. The second-order valence-electron chi connectivity index (χ2n) is 6.58. The highest BCUT2D eigenvalue weighted by molar-refractivity contribution is 7.89. The van der Waals surface area contributed by atoms with E-state index in [0.29, 0.717) is 32.5 Å². The molecule has 148 valence electrons. The van der Waals surface area contributed by atoms with Crippen LogP contribution in [0.15, 0.2) is 23.1 Å². The Morgan fingerprint density at radius 1 is 1.26 bits per heavy atom. The van der Waals surface area contributed by atoms with Gasteiger partial charge in [-0.2, -0.15) is 4.31 Å². The molecular weight excluding hydrogens is 376 g/mol. The summed E-state index contributed by atoms with van der Waals surface area (Å²) < 4.78 is 37.6. The van der Waals surface area contributed by atoms with Gasteiger partial charge in [0.25, 0.3) is 5.91 Å². The molecule has 3 rings (SSSR count). The molecule has 1 saturated heterocycles. The lowest BCUT2D eigenvalue weighted by atomic mass is 9.76. The number of carbonyl (C=O) groups is 2. The van der Waals surface area contributed by atoms with Crippen molar-refractivity contribution in [2.24, 2.45) is 0 Å². The van der Waals surface area contributed by atoms with Crippen molar-refractivity contribution in [1.29, 1.82) is 0 Å². The van der Waals surface area contributed by atoms with Gasteiger partial charge in [0.1, 0.15) is 16.2 Å². The summed E-state index contributed by atoms with van der Waals surface area (Å²) in [6.45, 7) is 1.01. The molecule has 2 N–H and O–H groups in total. The topological polar surface area (TPSA) is 122 Å². The minimum Gasteiger partial charge on any atom is -0.495 e. The molecule has 0 unspecified atom stereocenters. The van der Waals surface area contributed by atoms with Crippen LogP contribution in [0.3, 0.4) is 0 Å². The Morgan fingerprint density at radius 2 is 1.93 bits per heavy atom. The first kappa shape index (κ1) is 19.6. The van der Waals surface area contributed by atoms with Gasteiger partial charge in [0.2, 0.25) is 10.0 Å². The largest absolute Gasteiger partial charge is 0.495 e. The van der Waals surface area contributed by atoms with Crippen molar-refractivity contribution in [2.45, 2.75) is 29.7 Å². The highest BCUT2D eigenvalue weighted by atomic mass is 32.2. The molecule has 0 aromatic heterocycles. The highest BCUT2D eigenvalue weighted by Gasteiger charge is 2.46. The lowest BCUT2D eigenvalue weighted by Gasteiger charge is -2.38. The lowest BCUT2D eigenvalue weighted by Crippen LogP contribution is -2.59. The van der Waals surface area contributed by atoms with Crippen molar-refractivity contribution in [1.82, 2.24) is 9.62 Å². The zero-order valence-electron chi connectivity index (χ0n) is 14.9. The quantitative estimate of drug-likeness (QED) is 0.713. The summed E-state index contributed by atoms with van der Waals surface area (Å²) in [7, 11) is -2.53. The summed E-state index contributed by atoms with van der Waals surface area (Å²) in [5, 5.41) is 11.9. The Labute approximate surface area is 157 Å². The van der Waals surface area contributed by atoms with Crippen LogP contribution in [0.1, 0.15) is 29.6 Å². The first-order chi connectivity index (χ1) is 12.8. The number of nitrogens with one attached hydrogen (secondary N) is 1. The number of amides is 1. The predicted octanol–water partition coefficient (Wildman–Crippen LogP) is 0.453. The molecule has 0 bridgehead atoms. The maximum atomic E-state index is 13.0. The van der Waals surface area contributed by atoms with Crippen LogP contribution in [0.5, 0.6) is 5.75 Å². The van der Waals surface area contributed by atoms with Crippen molar-refractivity contribution >= 4 is 21.9 Å². The van der Waals surface area contributed by atoms with E-state index in [1.807, 2.05) is 0 Å². The summed E-state index contributed by atoms with van der Waals surface area (Å²) in [4.78, 5) is 23.9. The van der Waals surface area contributed by atoms with Crippen LogP contribution >= 0.6 is 0 Å². The number of nitrogens with zero attached hydrogens (tertiary/aromatic N) is 1. The number of aliphatic carboxylic acids is 1. The van der Waals surface area contributed by atoms with Crippen molar-refractivity contribution in [3.63, 3.8) is 0 Å². The molecule has 0 atom stereocenters. The Balaban J connectivity index is 1.91. The molecular formula is C17H22N2O7S. The van der Waals surface area contributed by atoms with Crippen LogP contribution in [0.4, 0.5) is 0 Å². The average Bonchev–Trinajstić information content (AvgIpc) is 2.64. The third kappa shape index (κ3) is 3.64. The first-order valence-electron chi connectivity index (χ1n) is 8.62. The number of rotatable bonds is 6. The van der Waals surface area contributed by atoms with Crippen molar-refractivity contribution in [2.75, 3.05) is 33.4 Å². The minimum absolute atomic E-state index is 0.0650. The molecule has 1 aromatic carbocycles. The summed E-state index contributed by atoms with van der Waals surface area (Å²) in [6, 6.07) is 4.05. The third-order valence-corrected chi connectivity index (χ3v) is 6.90. The van der Waals surface area contributed by atoms with Gasteiger partial charge in [0.15, 0.2) is 0 Å². The molecule has 1 heterocycles. The highest BCUT2D eigenvalue weighted by Crippen LogP contribution is 2.33. The van der Waals surface area contributed by atoms with E-state index in [1.54, 1.807) is 0 Å². The van der Waals surface area contributed by atoms with Crippen LogP contribution in [0.2, 0.25) is 0 Å². The smallest absolute Gasteiger partial charge is 0.329 e. The number of carboxylic acids is 1. The SMILES string of the molecule is COc1ccc(C(=O)NC2(C(=O)O)CCC2)cc1S(=O)(=O)N1CCOCC1. The van der Waals surface area contributed by atoms with E-state index in [-0.39, 0.29) is 29.3 Å². The predicted molar refractivity (Wildman–Crippen MR) is 94.3 cm³/mol. The van der Waals surface area contributed by atoms with Gasteiger partial charge < -0.3 is 19.9 Å². The summed E-state index contributed by atoms with van der Waals surface area (Å²) >= 11 is 0.